The van der Waals surface area contributed by atoms with Gasteiger partial charge in [-0.2, -0.15) is 5.10 Å². The SMILES string of the molecule is Cc1cncc(-c2cnc3n[nH]c(-c4cc5c(-c6cccs6)cccc5[nH]4)c3c2)c1. The number of nitrogens with one attached hydrogen (secondary N) is 2. The van der Waals surface area contributed by atoms with Gasteiger partial charge in [-0.1, -0.05) is 18.2 Å². The van der Waals surface area contributed by atoms with Crippen molar-refractivity contribution in [1.82, 2.24) is 25.1 Å². The average molecular weight is 408 g/mol. The van der Waals surface area contributed by atoms with Gasteiger partial charge in [-0.25, -0.2) is 4.98 Å². The molecule has 0 saturated carbocycles. The minimum absolute atomic E-state index is 0.700. The molecular formula is C24H17N5S. The minimum Gasteiger partial charge on any atom is -0.353 e. The number of fused-ring (bicyclic) bond motifs is 2. The standard InChI is InChI=1S/C24H17N5S/c1-14-8-15(12-25-11-14)16-9-19-23(28-29-24(19)26-13-16)21-10-18-17(22-6-3-7-30-22)4-2-5-20(18)27-21/h2-13,27H,1H3,(H,26,28,29). The summed E-state index contributed by atoms with van der Waals surface area (Å²) in [6.45, 7) is 2.04. The van der Waals surface area contributed by atoms with Gasteiger partial charge in [0.05, 0.1) is 11.4 Å². The highest BCUT2D eigenvalue weighted by Gasteiger charge is 2.15. The molecule has 0 unspecified atom stereocenters. The van der Waals surface area contributed by atoms with E-state index in [0.29, 0.717) is 5.65 Å². The second-order valence-electron chi connectivity index (χ2n) is 7.37. The van der Waals surface area contributed by atoms with Crippen molar-refractivity contribution >= 4 is 33.3 Å². The fourth-order valence-electron chi connectivity index (χ4n) is 3.91. The lowest BCUT2D eigenvalue weighted by Gasteiger charge is -2.02. The quantitative estimate of drug-likeness (QED) is 0.367. The largest absolute Gasteiger partial charge is 0.353 e. The van der Waals surface area contributed by atoms with E-state index < -0.39 is 0 Å². The van der Waals surface area contributed by atoms with Crippen LogP contribution in [-0.4, -0.2) is 25.1 Å². The third-order valence-corrected chi connectivity index (χ3v) is 6.24. The predicted octanol–water partition coefficient (Wildman–Crippen LogP) is 6.21. The summed E-state index contributed by atoms with van der Waals surface area (Å²) in [5, 5.41) is 11.9. The summed E-state index contributed by atoms with van der Waals surface area (Å²) in [5.74, 6) is 0. The molecular weight excluding hydrogens is 390 g/mol. The van der Waals surface area contributed by atoms with E-state index in [1.807, 2.05) is 25.5 Å². The van der Waals surface area contributed by atoms with Crippen LogP contribution < -0.4 is 0 Å². The van der Waals surface area contributed by atoms with Gasteiger partial charge in [0.15, 0.2) is 5.65 Å². The molecule has 30 heavy (non-hydrogen) atoms. The van der Waals surface area contributed by atoms with Crippen molar-refractivity contribution in [1.29, 1.82) is 0 Å². The molecule has 0 atom stereocenters. The van der Waals surface area contributed by atoms with E-state index in [4.69, 9.17) is 0 Å². The molecule has 6 heteroatoms. The number of aryl methyl sites for hydroxylation is 1. The van der Waals surface area contributed by atoms with Gasteiger partial charge in [-0.05, 0) is 48.2 Å². The summed E-state index contributed by atoms with van der Waals surface area (Å²) in [4.78, 5) is 13.7. The second-order valence-corrected chi connectivity index (χ2v) is 8.32. The minimum atomic E-state index is 0.700. The average Bonchev–Trinajstić information content (AvgIpc) is 3.51. The van der Waals surface area contributed by atoms with Crippen LogP contribution in [0.1, 0.15) is 5.56 Å². The lowest BCUT2D eigenvalue weighted by Crippen LogP contribution is -1.85. The van der Waals surface area contributed by atoms with Gasteiger partial charge in [-0.3, -0.25) is 10.1 Å². The smallest absolute Gasteiger partial charge is 0.181 e. The summed E-state index contributed by atoms with van der Waals surface area (Å²) in [6, 6.07) is 17.0. The van der Waals surface area contributed by atoms with E-state index in [9.17, 15) is 0 Å². The van der Waals surface area contributed by atoms with E-state index >= 15 is 0 Å². The molecule has 0 spiro atoms. The number of thiophene rings is 1. The molecule has 0 amide bonds. The van der Waals surface area contributed by atoms with E-state index in [1.54, 1.807) is 11.3 Å². The first-order chi connectivity index (χ1) is 14.8. The number of nitrogens with zero attached hydrogens (tertiary/aromatic N) is 3. The lowest BCUT2D eigenvalue weighted by molar-refractivity contribution is 1.10. The van der Waals surface area contributed by atoms with E-state index in [-0.39, 0.29) is 0 Å². The van der Waals surface area contributed by atoms with Crippen molar-refractivity contribution in [3.05, 3.63) is 78.1 Å². The Kier molecular flexibility index (Phi) is 3.79. The normalized spacial score (nSPS) is 11.5. The van der Waals surface area contributed by atoms with Crippen LogP contribution in [0.2, 0.25) is 0 Å². The molecule has 5 heterocycles. The zero-order chi connectivity index (χ0) is 20.1. The molecule has 5 aromatic heterocycles. The highest BCUT2D eigenvalue weighted by Crippen LogP contribution is 2.36. The number of hydrogen-bond donors (Lipinski definition) is 2. The molecule has 0 saturated heterocycles. The van der Waals surface area contributed by atoms with Crippen molar-refractivity contribution in [2.75, 3.05) is 0 Å². The highest BCUT2D eigenvalue weighted by molar-refractivity contribution is 7.13. The third kappa shape index (κ3) is 2.73. The molecule has 0 fully saturated rings. The Hall–Kier alpha value is -3.77. The van der Waals surface area contributed by atoms with E-state index in [1.165, 1.54) is 15.8 Å². The fraction of sp³-hybridized carbons (Fsp3) is 0.0417. The van der Waals surface area contributed by atoms with Crippen LogP contribution in [-0.2, 0) is 0 Å². The molecule has 0 bridgehead atoms. The fourth-order valence-corrected chi connectivity index (χ4v) is 4.68. The Labute approximate surface area is 176 Å². The Morgan fingerprint density at radius 1 is 0.900 bits per heavy atom. The van der Waals surface area contributed by atoms with Crippen molar-refractivity contribution in [2.45, 2.75) is 6.92 Å². The van der Waals surface area contributed by atoms with Gasteiger partial charge in [-0.15, -0.1) is 11.3 Å². The van der Waals surface area contributed by atoms with Crippen LogP contribution in [0.15, 0.2) is 72.5 Å². The molecule has 0 aliphatic carbocycles. The summed E-state index contributed by atoms with van der Waals surface area (Å²) < 4.78 is 0. The highest BCUT2D eigenvalue weighted by atomic mass is 32.1. The summed E-state index contributed by atoms with van der Waals surface area (Å²) >= 11 is 1.75. The molecule has 0 aliphatic heterocycles. The molecule has 6 aromatic rings. The van der Waals surface area contributed by atoms with Crippen LogP contribution in [0, 0.1) is 6.92 Å². The maximum absolute atomic E-state index is 4.56. The Morgan fingerprint density at radius 2 is 1.83 bits per heavy atom. The molecule has 1 aromatic carbocycles. The van der Waals surface area contributed by atoms with Crippen LogP contribution in [0.5, 0.6) is 0 Å². The van der Waals surface area contributed by atoms with Crippen LogP contribution in [0.4, 0.5) is 0 Å². The Balaban J connectivity index is 1.52. The molecule has 0 radical (unpaired) electrons. The number of H-pyrrole nitrogens is 2. The number of aromatic amines is 2. The van der Waals surface area contributed by atoms with Crippen molar-refractivity contribution in [3.8, 4) is 33.0 Å². The molecule has 2 N–H and O–H groups in total. The van der Waals surface area contributed by atoms with Crippen LogP contribution >= 0.6 is 11.3 Å². The summed E-state index contributed by atoms with van der Waals surface area (Å²) in [5.41, 5.74) is 8.17. The van der Waals surface area contributed by atoms with Gasteiger partial charge < -0.3 is 4.98 Å². The number of benzene rings is 1. The number of hydrogen-bond acceptors (Lipinski definition) is 4. The second kappa shape index (κ2) is 6.64. The number of aromatic nitrogens is 5. The van der Waals surface area contributed by atoms with Crippen molar-refractivity contribution in [3.63, 3.8) is 0 Å². The van der Waals surface area contributed by atoms with Crippen LogP contribution in [0.25, 0.3) is 54.9 Å². The zero-order valence-corrected chi connectivity index (χ0v) is 17.0. The van der Waals surface area contributed by atoms with E-state index in [0.717, 1.165) is 39.0 Å². The van der Waals surface area contributed by atoms with Crippen LogP contribution in [0.3, 0.4) is 0 Å². The Morgan fingerprint density at radius 3 is 2.70 bits per heavy atom. The zero-order valence-electron chi connectivity index (χ0n) is 16.2. The molecule has 6 rings (SSSR count). The maximum Gasteiger partial charge on any atom is 0.181 e. The summed E-state index contributed by atoms with van der Waals surface area (Å²) in [7, 11) is 0. The molecule has 144 valence electrons. The maximum atomic E-state index is 4.56. The molecule has 0 aliphatic rings. The topological polar surface area (TPSA) is 70.2 Å². The summed E-state index contributed by atoms with van der Waals surface area (Å²) in [6.07, 6.45) is 5.57. The van der Waals surface area contributed by atoms with Gasteiger partial charge >= 0.3 is 0 Å². The van der Waals surface area contributed by atoms with Gasteiger partial charge in [0.25, 0.3) is 0 Å². The first-order valence-corrected chi connectivity index (χ1v) is 10.6. The third-order valence-electron chi connectivity index (χ3n) is 5.34. The first-order valence-electron chi connectivity index (χ1n) is 9.68. The number of pyridine rings is 2. The van der Waals surface area contributed by atoms with Crippen molar-refractivity contribution < 1.29 is 0 Å². The Bertz CT molecular complexity index is 1510. The van der Waals surface area contributed by atoms with Gasteiger partial charge in [0.1, 0.15) is 0 Å². The first kappa shape index (κ1) is 17.1. The van der Waals surface area contributed by atoms with E-state index in [2.05, 4.69) is 79.1 Å². The lowest BCUT2D eigenvalue weighted by atomic mass is 10.1. The van der Waals surface area contributed by atoms with Crippen molar-refractivity contribution in [2.24, 2.45) is 0 Å². The number of rotatable bonds is 3. The van der Waals surface area contributed by atoms with Gasteiger partial charge in [0.2, 0.25) is 0 Å². The monoisotopic (exact) mass is 407 g/mol. The predicted molar refractivity (Wildman–Crippen MR) is 122 cm³/mol. The van der Waals surface area contributed by atoms with Gasteiger partial charge in [0, 0.05) is 56.4 Å². The molecule has 5 nitrogen and oxygen atoms in total.